The molecule has 0 aromatic heterocycles. The van der Waals surface area contributed by atoms with Gasteiger partial charge in [0.2, 0.25) is 0 Å². The highest BCUT2D eigenvalue weighted by molar-refractivity contribution is 6.30. The zero-order valence-electron chi connectivity index (χ0n) is 7.00. The van der Waals surface area contributed by atoms with Crippen molar-refractivity contribution in [3.8, 4) is 0 Å². The molecule has 66 valence electrons. The van der Waals surface area contributed by atoms with E-state index in [9.17, 15) is 5.11 Å². The molecular weight excluding hydrogens is 174 g/mol. The van der Waals surface area contributed by atoms with Gasteiger partial charge in [-0.3, -0.25) is 0 Å². The Balaban J connectivity index is 2.82. The third-order valence-electron chi connectivity index (χ3n) is 1.75. The number of rotatable bonds is 2. The van der Waals surface area contributed by atoms with Crippen molar-refractivity contribution in [2.75, 3.05) is 0 Å². The fourth-order valence-corrected chi connectivity index (χ4v) is 1.11. The average Bonchev–Trinajstić information content (AvgIpc) is 2.04. The Hall–Kier alpha value is -0.570. The summed E-state index contributed by atoms with van der Waals surface area (Å²) in [6.45, 7) is 1.87. The molecule has 1 aromatic carbocycles. The lowest BCUT2D eigenvalue weighted by Gasteiger charge is -2.11. The molecule has 0 amide bonds. The molecule has 3 heteroatoms. The maximum atomic E-state index is 9.58. The van der Waals surface area contributed by atoms with Crippen LogP contribution in [0.3, 0.4) is 0 Å². The molecule has 0 saturated heterocycles. The van der Waals surface area contributed by atoms with Crippen LogP contribution in [0.2, 0.25) is 5.02 Å². The van der Waals surface area contributed by atoms with E-state index in [2.05, 4.69) is 5.73 Å². The number of hydrogen-bond donors (Lipinski definition) is 2. The minimum absolute atomic E-state index is 0.00817. The second-order valence-corrected chi connectivity index (χ2v) is 3.41. The summed E-state index contributed by atoms with van der Waals surface area (Å²) in [5, 5.41) is 10.3. The van der Waals surface area contributed by atoms with Gasteiger partial charge in [0.1, 0.15) is 12.1 Å². The summed E-state index contributed by atoms with van der Waals surface area (Å²) < 4.78 is 0. The molecule has 12 heavy (non-hydrogen) atoms. The van der Waals surface area contributed by atoms with Gasteiger partial charge in [-0.15, -0.1) is 0 Å². The third kappa shape index (κ3) is 2.21. The topological polar surface area (TPSA) is 47.9 Å². The van der Waals surface area contributed by atoms with E-state index in [-0.39, 0.29) is 6.04 Å². The largest absolute Gasteiger partial charge is 0.382 e. The number of aliphatic hydroxyl groups is 1. The molecule has 0 aliphatic carbocycles. The van der Waals surface area contributed by atoms with Crippen molar-refractivity contribution < 1.29 is 10.8 Å². The van der Waals surface area contributed by atoms with Crippen LogP contribution < -0.4 is 5.73 Å². The van der Waals surface area contributed by atoms with Crippen LogP contribution in [-0.4, -0.2) is 11.1 Å². The summed E-state index contributed by atoms with van der Waals surface area (Å²) in [6, 6.07) is 7.15. The summed E-state index contributed by atoms with van der Waals surface area (Å²) in [5.41, 5.74) is 4.62. The molecule has 2 atom stereocenters. The molecule has 0 heterocycles. The molecule has 1 aromatic rings. The number of quaternary nitrogens is 1. The lowest BCUT2D eigenvalue weighted by Crippen LogP contribution is -2.61. The quantitative estimate of drug-likeness (QED) is 0.712. The summed E-state index contributed by atoms with van der Waals surface area (Å²) in [6.07, 6.45) is -0.498. The zero-order valence-corrected chi connectivity index (χ0v) is 7.75. The Morgan fingerprint density at radius 3 is 2.25 bits per heavy atom. The fourth-order valence-electron chi connectivity index (χ4n) is 0.988. The molecule has 0 aliphatic heterocycles. The number of halogens is 1. The van der Waals surface area contributed by atoms with Crippen molar-refractivity contribution in [3.05, 3.63) is 34.9 Å². The second-order valence-electron chi connectivity index (χ2n) is 2.97. The predicted octanol–water partition coefficient (Wildman–Crippen LogP) is 1.00. The molecule has 0 fully saturated rings. The number of benzene rings is 1. The van der Waals surface area contributed by atoms with Crippen molar-refractivity contribution in [3.63, 3.8) is 0 Å². The zero-order chi connectivity index (χ0) is 9.14. The Kier molecular flexibility index (Phi) is 3.09. The summed E-state index contributed by atoms with van der Waals surface area (Å²) >= 11 is 5.70. The molecule has 0 aliphatic rings. The van der Waals surface area contributed by atoms with Crippen molar-refractivity contribution in [1.29, 1.82) is 0 Å². The lowest BCUT2D eigenvalue weighted by atomic mass is 10.0. The van der Waals surface area contributed by atoms with Gasteiger partial charge in [-0.25, -0.2) is 0 Å². The average molecular weight is 187 g/mol. The normalized spacial score (nSPS) is 15.7. The molecule has 0 radical (unpaired) electrons. The van der Waals surface area contributed by atoms with E-state index >= 15 is 0 Å². The molecule has 2 nitrogen and oxygen atoms in total. The second kappa shape index (κ2) is 3.90. The van der Waals surface area contributed by atoms with Gasteiger partial charge in [0.25, 0.3) is 0 Å². The van der Waals surface area contributed by atoms with E-state index in [1.165, 1.54) is 0 Å². The highest BCUT2D eigenvalue weighted by Crippen LogP contribution is 2.17. The first-order valence-corrected chi connectivity index (χ1v) is 4.25. The van der Waals surface area contributed by atoms with Gasteiger partial charge in [0.05, 0.1) is 0 Å². The van der Waals surface area contributed by atoms with E-state index in [0.717, 1.165) is 5.56 Å². The minimum Gasteiger partial charge on any atom is -0.382 e. The number of hydrogen-bond acceptors (Lipinski definition) is 1. The maximum Gasteiger partial charge on any atom is 0.130 e. The highest BCUT2D eigenvalue weighted by Gasteiger charge is 2.14. The smallest absolute Gasteiger partial charge is 0.130 e. The fraction of sp³-hybridized carbons (Fsp3) is 0.333. The van der Waals surface area contributed by atoms with Crippen LogP contribution in [-0.2, 0) is 0 Å². The summed E-state index contributed by atoms with van der Waals surface area (Å²) in [4.78, 5) is 0. The van der Waals surface area contributed by atoms with E-state index in [1.807, 2.05) is 19.1 Å². The van der Waals surface area contributed by atoms with Crippen molar-refractivity contribution in [2.45, 2.75) is 19.1 Å². The van der Waals surface area contributed by atoms with E-state index in [1.54, 1.807) is 12.1 Å². The summed E-state index contributed by atoms with van der Waals surface area (Å²) in [5.74, 6) is 0. The van der Waals surface area contributed by atoms with E-state index < -0.39 is 6.10 Å². The molecule has 0 unspecified atom stereocenters. The Labute approximate surface area is 77.0 Å². The van der Waals surface area contributed by atoms with E-state index in [4.69, 9.17) is 11.6 Å². The standard InChI is InChI=1S/C9H12ClNO/c1-6(11)9(12)7-2-4-8(10)5-3-7/h2-6,9,12H,11H2,1H3/p+1/t6-,9+/m0/s1. The van der Waals surface area contributed by atoms with Gasteiger partial charge >= 0.3 is 0 Å². The van der Waals surface area contributed by atoms with Crippen LogP contribution in [0.1, 0.15) is 18.6 Å². The van der Waals surface area contributed by atoms with Gasteiger partial charge in [-0.2, -0.15) is 0 Å². The van der Waals surface area contributed by atoms with Crippen LogP contribution in [0.25, 0.3) is 0 Å². The van der Waals surface area contributed by atoms with Crippen LogP contribution in [0.4, 0.5) is 0 Å². The first-order chi connectivity index (χ1) is 5.61. The van der Waals surface area contributed by atoms with Crippen molar-refractivity contribution >= 4 is 11.6 Å². The Bertz CT molecular complexity index is 245. The van der Waals surface area contributed by atoms with Crippen LogP contribution in [0.5, 0.6) is 0 Å². The van der Waals surface area contributed by atoms with Crippen molar-refractivity contribution in [2.24, 2.45) is 0 Å². The van der Waals surface area contributed by atoms with Crippen LogP contribution in [0.15, 0.2) is 24.3 Å². The SMILES string of the molecule is C[C@H]([NH3+])[C@@H](O)c1ccc(Cl)cc1. The molecule has 4 N–H and O–H groups in total. The van der Waals surface area contributed by atoms with Gasteiger partial charge in [-0.05, 0) is 24.6 Å². The highest BCUT2D eigenvalue weighted by atomic mass is 35.5. The molecular formula is C9H13ClNO+. The molecule has 0 bridgehead atoms. The summed E-state index contributed by atoms with van der Waals surface area (Å²) in [7, 11) is 0. The van der Waals surface area contributed by atoms with Gasteiger partial charge in [0, 0.05) is 5.02 Å². The van der Waals surface area contributed by atoms with Gasteiger partial charge in [-0.1, -0.05) is 23.7 Å². The third-order valence-corrected chi connectivity index (χ3v) is 2.00. The van der Waals surface area contributed by atoms with Gasteiger partial charge < -0.3 is 10.8 Å². The number of aliphatic hydroxyl groups excluding tert-OH is 1. The first-order valence-electron chi connectivity index (χ1n) is 3.88. The Morgan fingerprint density at radius 2 is 1.83 bits per heavy atom. The molecule has 0 saturated carbocycles. The predicted molar refractivity (Wildman–Crippen MR) is 48.8 cm³/mol. The minimum atomic E-state index is -0.498. The Morgan fingerprint density at radius 1 is 1.33 bits per heavy atom. The van der Waals surface area contributed by atoms with Crippen LogP contribution >= 0.6 is 11.6 Å². The van der Waals surface area contributed by atoms with Gasteiger partial charge in [0.15, 0.2) is 0 Å². The lowest BCUT2D eigenvalue weighted by molar-refractivity contribution is -0.433. The van der Waals surface area contributed by atoms with Crippen LogP contribution in [0, 0.1) is 0 Å². The molecule has 1 rings (SSSR count). The van der Waals surface area contributed by atoms with Crippen molar-refractivity contribution in [1.82, 2.24) is 0 Å². The first kappa shape index (κ1) is 9.52. The van der Waals surface area contributed by atoms with E-state index in [0.29, 0.717) is 5.02 Å². The monoisotopic (exact) mass is 186 g/mol. The molecule has 0 spiro atoms. The maximum absolute atomic E-state index is 9.58.